The molecular formula is C13H14F2N2O2. The highest BCUT2D eigenvalue weighted by Crippen LogP contribution is 2.25. The maximum absolute atomic E-state index is 13.8. The number of carbonyl (C=O) groups is 2. The van der Waals surface area contributed by atoms with Crippen molar-refractivity contribution in [2.24, 2.45) is 0 Å². The highest BCUT2D eigenvalue weighted by molar-refractivity contribution is 6.06. The number of anilines is 1. The number of imide groups is 1. The minimum Gasteiger partial charge on any atom is -0.368 e. The number of benzene rings is 1. The summed E-state index contributed by atoms with van der Waals surface area (Å²) >= 11 is 0. The maximum Gasteiger partial charge on any atom is 0.252 e. The minimum atomic E-state index is -0.904. The summed E-state index contributed by atoms with van der Waals surface area (Å²) in [5, 5.41) is 2.50. The molecule has 1 N–H and O–H groups in total. The highest BCUT2D eigenvalue weighted by Gasteiger charge is 2.38. The first-order valence-electron chi connectivity index (χ1n) is 6.01. The Morgan fingerprint density at radius 1 is 1.37 bits per heavy atom. The second-order valence-corrected chi connectivity index (χ2v) is 4.43. The number of rotatable bonds is 3. The summed E-state index contributed by atoms with van der Waals surface area (Å²) in [5.41, 5.74) is -0.0860. The molecule has 1 aliphatic heterocycles. The molecule has 1 atom stereocenters. The van der Waals surface area contributed by atoms with Gasteiger partial charge in [0.25, 0.3) is 5.91 Å². The van der Waals surface area contributed by atoms with Gasteiger partial charge >= 0.3 is 0 Å². The number of nitrogens with zero attached hydrogens (tertiary/aromatic N) is 1. The van der Waals surface area contributed by atoms with Crippen molar-refractivity contribution in [1.82, 2.24) is 4.90 Å². The lowest BCUT2D eigenvalue weighted by Gasteiger charge is -2.15. The number of amides is 2. The Morgan fingerprint density at radius 3 is 2.63 bits per heavy atom. The summed E-state index contributed by atoms with van der Waals surface area (Å²) in [6.45, 7) is 3.43. The van der Waals surface area contributed by atoms with Crippen LogP contribution >= 0.6 is 0 Å². The first kappa shape index (κ1) is 13.5. The van der Waals surface area contributed by atoms with Crippen LogP contribution in [0.3, 0.4) is 0 Å². The van der Waals surface area contributed by atoms with Gasteiger partial charge in [-0.2, -0.15) is 0 Å². The molecule has 0 radical (unpaired) electrons. The lowest BCUT2D eigenvalue weighted by atomic mass is 10.1. The van der Waals surface area contributed by atoms with Crippen molar-refractivity contribution in [1.29, 1.82) is 0 Å². The molecule has 1 unspecified atom stereocenters. The molecule has 0 bridgehead atoms. The van der Waals surface area contributed by atoms with Gasteiger partial charge in [-0.1, -0.05) is 6.07 Å². The fourth-order valence-electron chi connectivity index (χ4n) is 2.09. The van der Waals surface area contributed by atoms with Crippen molar-refractivity contribution < 1.29 is 18.4 Å². The van der Waals surface area contributed by atoms with E-state index in [4.69, 9.17) is 0 Å². The van der Waals surface area contributed by atoms with Crippen LogP contribution in [0.5, 0.6) is 0 Å². The van der Waals surface area contributed by atoms with E-state index < -0.39 is 23.6 Å². The van der Waals surface area contributed by atoms with Crippen LogP contribution < -0.4 is 5.32 Å². The van der Waals surface area contributed by atoms with E-state index in [0.29, 0.717) is 0 Å². The molecule has 1 heterocycles. The third kappa shape index (κ3) is 2.30. The fourth-order valence-corrected chi connectivity index (χ4v) is 2.09. The molecule has 2 amide bonds. The molecule has 1 fully saturated rings. The largest absolute Gasteiger partial charge is 0.368 e. The normalized spacial score (nSPS) is 19.2. The van der Waals surface area contributed by atoms with Crippen molar-refractivity contribution >= 4 is 17.5 Å². The number of halogens is 2. The van der Waals surface area contributed by atoms with Crippen molar-refractivity contribution in [2.75, 3.05) is 11.9 Å². The Labute approximate surface area is 109 Å². The van der Waals surface area contributed by atoms with E-state index in [0.717, 1.165) is 11.0 Å². The van der Waals surface area contributed by atoms with Crippen LogP contribution in [0.2, 0.25) is 0 Å². The molecule has 1 aromatic carbocycles. The van der Waals surface area contributed by atoms with Crippen LogP contribution in [0.15, 0.2) is 12.1 Å². The monoisotopic (exact) mass is 268 g/mol. The number of likely N-dealkylation sites (N-methyl/N-ethyl adjacent to an activating group) is 1. The van der Waals surface area contributed by atoms with E-state index in [1.165, 1.54) is 13.0 Å². The van der Waals surface area contributed by atoms with Crippen LogP contribution in [0.25, 0.3) is 0 Å². The van der Waals surface area contributed by atoms with E-state index in [9.17, 15) is 18.4 Å². The van der Waals surface area contributed by atoms with E-state index in [1.807, 2.05) is 0 Å². The lowest BCUT2D eigenvalue weighted by molar-refractivity contribution is -0.138. The zero-order chi connectivity index (χ0) is 14.2. The number of hydrogen-bond acceptors (Lipinski definition) is 3. The summed E-state index contributed by atoms with van der Waals surface area (Å²) in [6, 6.07) is 1.54. The van der Waals surface area contributed by atoms with Gasteiger partial charge in [0.15, 0.2) is 5.82 Å². The van der Waals surface area contributed by atoms with Crippen LogP contribution in [0.4, 0.5) is 14.5 Å². The Kier molecular flexibility index (Phi) is 3.50. The van der Waals surface area contributed by atoms with Gasteiger partial charge in [-0.05, 0) is 25.5 Å². The Hall–Kier alpha value is -1.98. The van der Waals surface area contributed by atoms with Gasteiger partial charge in [-0.3, -0.25) is 14.5 Å². The summed E-state index contributed by atoms with van der Waals surface area (Å²) < 4.78 is 27.4. The molecule has 0 spiro atoms. The van der Waals surface area contributed by atoms with Crippen molar-refractivity contribution in [2.45, 2.75) is 26.3 Å². The smallest absolute Gasteiger partial charge is 0.252 e. The molecule has 1 aliphatic rings. The Bertz CT molecular complexity index is 546. The predicted octanol–water partition coefficient (Wildman–Crippen LogP) is 1.83. The van der Waals surface area contributed by atoms with Gasteiger partial charge in [0.05, 0.1) is 6.42 Å². The molecule has 1 saturated heterocycles. The van der Waals surface area contributed by atoms with E-state index in [-0.39, 0.29) is 30.1 Å². The first-order chi connectivity index (χ1) is 8.95. The molecule has 4 nitrogen and oxygen atoms in total. The van der Waals surface area contributed by atoms with Crippen molar-refractivity contribution in [3.05, 3.63) is 29.3 Å². The van der Waals surface area contributed by atoms with Crippen LogP contribution in [-0.2, 0) is 9.59 Å². The molecule has 0 saturated carbocycles. The topological polar surface area (TPSA) is 49.4 Å². The van der Waals surface area contributed by atoms with Gasteiger partial charge in [0.2, 0.25) is 5.91 Å². The molecule has 19 heavy (non-hydrogen) atoms. The van der Waals surface area contributed by atoms with E-state index in [2.05, 4.69) is 5.32 Å². The average molecular weight is 268 g/mol. The molecule has 102 valence electrons. The zero-order valence-electron chi connectivity index (χ0n) is 10.7. The van der Waals surface area contributed by atoms with Gasteiger partial charge in [0.1, 0.15) is 17.5 Å². The fraction of sp³-hybridized carbons (Fsp3) is 0.385. The molecule has 2 rings (SSSR count). The predicted molar refractivity (Wildman–Crippen MR) is 65.5 cm³/mol. The number of aryl methyl sites for hydroxylation is 1. The van der Waals surface area contributed by atoms with Crippen molar-refractivity contribution in [3.8, 4) is 0 Å². The van der Waals surface area contributed by atoms with E-state index >= 15 is 0 Å². The maximum atomic E-state index is 13.8. The zero-order valence-corrected chi connectivity index (χ0v) is 10.7. The first-order valence-corrected chi connectivity index (χ1v) is 6.01. The van der Waals surface area contributed by atoms with Crippen molar-refractivity contribution in [3.63, 3.8) is 0 Å². The summed E-state index contributed by atoms with van der Waals surface area (Å²) in [4.78, 5) is 24.5. The van der Waals surface area contributed by atoms with Gasteiger partial charge < -0.3 is 5.32 Å². The standard InChI is InChI=1S/C13H14F2N2O2/c1-3-17-10(18)6-9(13(17)19)16-12-8(14)5-4-7(2)11(12)15/h4-5,9,16H,3,6H2,1-2H3. The number of likely N-dealkylation sites (tertiary alicyclic amines) is 1. The third-order valence-electron chi connectivity index (χ3n) is 3.16. The van der Waals surface area contributed by atoms with Crippen LogP contribution in [0.1, 0.15) is 18.9 Å². The molecule has 0 aromatic heterocycles. The summed E-state index contributed by atoms with van der Waals surface area (Å²) in [6.07, 6.45) is -0.0838. The quantitative estimate of drug-likeness (QED) is 0.851. The van der Waals surface area contributed by atoms with Gasteiger partial charge in [-0.25, -0.2) is 8.78 Å². The summed E-state index contributed by atoms with van der Waals surface area (Å²) in [7, 11) is 0. The lowest BCUT2D eigenvalue weighted by Crippen LogP contribution is -2.34. The minimum absolute atomic E-state index is 0.0838. The Balaban J connectivity index is 2.26. The van der Waals surface area contributed by atoms with Crippen LogP contribution in [-0.4, -0.2) is 29.3 Å². The summed E-state index contributed by atoms with van der Waals surface area (Å²) in [5.74, 6) is -2.31. The van der Waals surface area contributed by atoms with Gasteiger partial charge in [-0.15, -0.1) is 0 Å². The molecule has 6 heteroatoms. The third-order valence-corrected chi connectivity index (χ3v) is 3.16. The van der Waals surface area contributed by atoms with E-state index in [1.54, 1.807) is 6.92 Å². The average Bonchev–Trinajstić information content (AvgIpc) is 2.64. The molecule has 1 aromatic rings. The molecular weight excluding hydrogens is 254 g/mol. The SMILES string of the molecule is CCN1C(=O)CC(Nc2c(F)ccc(C)c2F)C1=O. The second-order valence-electron chi connectivity index (χ2n) is 4.43. The number of nitrogens with one attached hydrogen (secondary N) is 1. The Morgan fingerprint density at radius 2 is 2.05 bits per heavy atom. The highest BCUT2D eigenvalue weighted by atomic mass is 19.1. The number of carbonyl (C=O) groups excluding carboxylic acids is 2. The number of hydrogen-bond donors (Lipinski definition) is 1. The second kappa shape index (κ2) is 4.95. The van der Waals surface area contributed by atoms with Gasteiger partial charge in [0, 0.05) is 6.54 Å². The van der Waals surface area contributed by atoms with Crippen LogP contribution in [0, 0.1) is 18.6 Å². The molecule has 0 aliphatic carbocycles.